The van der Waals surface area contributed by atoms with Crippen molar-refractivity contribution in [3.8, 4) is 0 Å². The first kappa shape index (κ1) is 27.7. The van der Waals surface area contributed by atoms with Crippen LogP contribution in [0, 0.1) is 11.8 Å². The lowest BCUT2D eigenvalue weighted by Crippen LogP contribution is -2.33. The third-order valence-electron chi connectivity index (χ3n) is 5.22. The molecule has 166 valence electrons. The van der Waals surface area contributed by atoms with Crippen LogP contribution >= 0.6 is 24.8 Å². The van der Waals surface area contributed by atoms with Gasteiger partial charge in [0.2, 0.25) is 5.91 Å². The van der Waals surface area contributed by atoms with E-state index in [0.717, 1.165) is 38.0 Å². The number of carbonyl (C=O) groups excluding carboxylic acids is 2. The topological polar surface area (TPSA) is 73.5 Å². The quantitative estimate of drug-likeness (QED) is 0.544. The lowest BCUT2D eigenvalue weighted by molar-refractivity contribution is -0.122. The van der Waals surface area contributed by atoms with Crippen molar-refractivity contribution in [1.29, 1.82) is 0 Å². The number of benzene rings is 1. The molecule has 1 aliphatic rings. The molecule has 1 fully saturated rings. The maximum Gasteiger partial charge on any atom is 0.251 e. The second kappa shape index (κ2) is 14.6. The smallest absolute Gasteiger partial charge is 0.251 e. The van der Waals surface area contributed by atoms with Gasteiger partial charge in [-0.2, -0.15) is 0 Å². The van der Waals surface area contributed by atoms with Gasteiger partial charge >= 0.3 is 0 Å². The molecule has 0 saturated carbocycles. The molecule has 2 amide bonds. The van der Waals surface area contributed by atoms with Gasteiger partial charge in [-0.15, -0.1) is 24.8 Å². The average Bonchev–Trinajstić information content (AvgIpc) is 2.67. The van der Waals surface area contributed by atoms with Gasteiger partial charge in [0.25, 0.3) is 5.91 Å². The molecule has 1 saturated heterocycles. The number of likely N-dealkylation sites (N-methyl/N-ethyl adjacent to an activating group) is 1. The van der Waals surface area contributed by atoms with E-state index in [1.165, 1.54) is 0 Å². The third-order valence-corrected chi connectivity index (χ3v) is 5.22. The molecule has 1 aromatic rings. The van der Waals surface area contributed by atoms with Crippen molar-refractivity contribution in [2.45, 2.75) is 32.7 Å². The van der Waals surface area contributed by atoms with E-state index in [1.807, 2.05) is 37.2 Å². The van der Waals surface area contributed by atoms with Crippen LogP contribution in [0.2, 0.25) is 0 Å². The molecule has 1 heterocycles. The highest BCUT2D eigenvalue weighted by Crippen LogP contribution is 2.24. The first-order valence-electron chi connectivity index (χ1n) is 9.95. The molecule has 1 atom stereocenters. The normalized spacial score (nSPS) is 15.0. The van der Waals surface area contributed by atoms with E-state index >= 15 is 0 Å². The summed E-state index contributed by atoms with van der Waals surface area (Å²) >= 11 is 0. The minimum absolute atomic E-state index is 0. The number of rotatable bonds is 9. The predicted molar refractivity (Wildman–Crippen MR) is 123 cm³/mol. The van der Waals surface area contributed by atoms with Gasteiger partial charge in [-0.05, 0) is 69.6 Å². The van der Waals surface area contributed by atoms with Crippen LogP contribution in [0.15, 0.2) is 24.3 Å². The van der Waals surface area contributed by atoms with Gasteiger partial charge in [-0.3, -0.25) is 9.59 Å². The average molecular weight is 447 g/mol. The molecular formula is C21H36Cl2N4O2. The van der Waals surface area contributed by atoms with Crippen molar-refractivity contribution in [2.75, 3.05) is 40.3 Å². The Morgan fingerprint density at radius 1 is 1.17 bits per heavy atom. The van der Waals surface area contributed by atoms with Crippen molar-refractivity contribution in [1.82, 2.24) is 20.9 Å². The molecule has 0 aliphatic carbocycles. The van der Waals surface area contributed by atoms with Crippen molar-refractivity contribution < 1.29 is 9.59 Å². The van der Waals surface area contributed by atoms with Crippen molar-refractivity contribution in [2.24, 2.45) is 11.8 Å². The minimum atomic E-state index is -0.0791. The van der Waals surface area contributed by atoms with Crippen LogP contribution < -0.4 is 16.0 Å². The van der Waals surface area contributed by atoms with E-state index in [0.29, 0.717) is 36.9 Å². The summed E-state index contributed by atoms with van der Waals surface area (Å²) in [6.07, 6.45) is 2.87. The highest BCUT2D eigenvalue weighted by molar-refractivity contribution is 5.94. The van der Waals surface area contributed by atoms with E-state index in [9.17, 15) is 9.59 Å². The Balaban J connectivity index is 0.00000392. The van der Waals surface area contributed by atoms with Gasteiger partial charge in [0.05, 0.1) is 0 Å². The fourth-order valence-corrected chi connectivity index (χ4v) is 3.46. The Morgan fingerprint density at radius 3 is 2.52 bits per heavy atom. The Morgan fingerprint density at radius 2 is 1.86 bits per heavy atom. The lowest BCUT2D eigenvalue weighted by Gasteiger charge is -2.27. The molecule has 1 aromatic carbocycles. The first-order chi connectivity index (χ1) is 13.0. The molecular weight excluding hydrogens is 411 g/mol. The summed E-state index contributed by atoms with van der Waals surface area (Å²) in [4.78, 5) is 26.5. The number of carbonyl (C=O) groups is 2. The van der Waals surface area contributed by atoms with Gasteiger partial charge in [0.1, 0.15) is 0 Å². The standard InChI is InChI=1S/C21H34N4O2.2ClH/c1-16(18-7-9-22-10-8-18)13-20(26)24-15-17-5-4-6-19(14-17)21(27)23-11-12-25(2)3;;/h4-6,14,16,18,22H,7-13,15H2,1-3H3,(H,23,27)(H,24,26);2*1H. The number of hydrogen-bond acceptors (Lipinski definition) is 4. The number of nitrogens with zero attached hydrogens (tertiary/aromatic N) is 1. The molecule has 29 heavy (non-hydrogen) atoms. The van der Waals surface area contributed by atoms with Crippen molar-refractivity contribution >= 4 is 36.6 Å². The summed E-state index contributed by atoms with van der Waals surface area (Å²) < 4.78 is 0. The van der Waals surface area contributed by atoms with Crippen molar-refractivity contribution in [3.63, 3.8) is 0 Å². The zero-order chi connectivity index (χ0) is 19.6. The SMILES string of the molecule is CC(CC(=O)NCc1cccc(C(=O)NCCN(C)C)c1)C1CCNCC1.Cl.Cl. The van der Waals surface area contributed by atoms with Crippen LogP contribution in [0.25, 0.3) is 0 Å². The third kappa shape index (κ3) is 10.3. The van der Waals surface area contributed by atoms with Crippen LogP contribution in [-0.4, -0.2) is 57.0 Å². The van der Waals surface area contributed by atoms with Crippen LogP contribution in [0.4, 0.5) is 0 Å². The number of amides is 2. The van der Waals surface area contributed by atoms with E-state index in [4.69, 9.17) is 0 Å². The second-order valence-electron chi connectivity index (χ2n) is 7.81. The van der Waals surface area contributed by atoms with Crippen LogP contribution in [0.3, 0.4) is 0 Å². The van der Waals surface area contributed by atoms with E-state index < -0.39 is 0 Å². The maximum atomic E-state index is 12.3. The zero-order valence-corrected chi connectivity index (χ0v) is 19.3. The van der Waals surface area contributed by atoms with Gasteiger partial charge in [0, 0.05) is 31.6 Å². The van der Waals surface area contributed by atoms with Crippen LogP contribution in [0.5, 0.6) is 0 Å². The summed E-state index contributed by atoms with van der Waals surface area (Å²) in [5, 5.41) is 9.28. The largest absolute Gasteiger partial charge is 0.352 e. The van der Waals surface area contributed by atoms with Crippen LogP contribution in [0.1, 0.15) is 42.1 Å². The molecule has 0 bridgehead atoms. The number of halogens is 2. The molecule has 1 aliphatic heterocycles. The summed E-state index contributed by atoms with van der Waals surface area (Å²) in [6, 6.07) is 7.45. The zero-order valence-electron chi connectivity index (χ0n) is 17.7. The molecule has 0 aromatic heterocycles. The molecule has 1 unspecified atom stereocenters. The predicted octanol–water partition coefficient (Wildman–Crippen LogP) is 2.46. The molecule has 3 N–H and O–H groups in total. The second-order valence-corrected chi connectivity index (χ2v) is 7.81. The lowest BCUT2D eigenvalue weighted by atomic mass is 9.84. The number of hydrogen-bond donors (Lipinski definition) is 3. The fourth-order valence-electron chi connectivity index (χ4n) is 3.46. The van der Waals surface area contributed by atoms with Crippen molar-refractivity contribution in [3.05, 3.63) is 35.4 Å². The summed E-state index contributed by atoms with van der Waals surface area (Å²) in [7, 11) is 3.95. The Hall–Kier alpha value is -1.34. The highest BCUT2D eigenvalue weighted by Gasteiger charge is 2.21. The number of piperidine rings is 1. The monoisotopic (exact) mass is 446 g/mol. The first-order valence-corrected chi connectivity index (χ1v) is 9.95. The summed E-state index contributed by atoms with van der Waals surface area (Å²) in [5.74, 6) is 1.04. The molecule has 0 radical (unpaired) electrons. The van der Waals surface area contributed by atoms with Gasteiger partial charge in [0.15, 0.2) is 0 Å². The Bertz CT molecular complexity index is 622. The van der Waals surface area contributed by atoms with Crippen LogP contribution in [-0.2, 0) is 11.3 Å². The number of nitrogens with one attached hydrogen (secondary N) is 3. The summed E-state index contributed by atoms with van der Waals surface area (Å²) in [5.41, 5.74) is 1.57. The Kier molecular flexibility index (Phi) is 13.9. The molecule has 6 nitrogen and oxygen atoms in total. The van der Waals surface area contributed by atoms with E-state index in [-0.39, 0.29) is 36.6 Å². The Labute approximate surface area is 187 Å². The fraction of sp³-hybridized carbons (Fsp3) is 0.619. The summed E-state index contributed by atoms with van der Waals surface area (Å²) in [6.45, 7) is 6.16. The van der Waals surface area contributed by atoms with Gasteiger partial charge < -0.3 is 20.9 Å². The molecule has 8 heteroatoms. The minimum Gasteiger partial charge on any atom is -0.352 e. The maximum absolute atomic E-state index is 12.3. The molecule has 2 rings (SSSR count). The van der Waals surface area contributed by atoms with Gasteiger partial charge in [-0.1, -0.05) is 19.1 Å². The molecule has 0 spiro atoms. The highest BCUT2D eigenvalue weighted by atomic mass is 35.5. The van der Waals surface area contributed by atoms with E-state index in [1.54, 1.807) is 6.07 Å². The van der Waals surface area contributed by atoms with E-state index in [2.05, 4.69) is 22.9 Å². The van der Waals surface area contributed by atoms with Gasteiger partial charge in [-0.25, -0.2) is 0 Å².